The summed E-state index contributed by atoms with van der Waals surface area (Å²) in [7, 11) is 0. The highest BCUT2D eigenvalue weighted by Gasteiger charge is 2.37. The zero-order chi connectivity index (χ0) is 14.4. The number of hydrogen-bond acceptors (Lipinski definition) is 4. The fourth-order valence-electron chi connectivity index (χ4n) is 2.50. The number of likely N-dealkylation sites (tertiary alicyclic amines) is 1. The van der Waals surface area contributed by atoms with Gasteiger partial charge in [-0.25, -0.2) is 4.39 Å². The molecule has 1 saturated carbocycles. The van der Waals surface area contributed by atoms with Crippen molar-refractivity contribution in [2.75, 3.05) is 13.1 Å². The number of benzene rings is 1. The van der Waals surface area contributed by atoms with Crippen LogP contribution in [0.5, 0.6) is 0 Å². The van der Waals surface area contributed by atoms with E-state index in [4.69, 9.17) is 4.52 Å². The summed E-state index contributed by atoms with van der Waals surface area (Å²) in [6.07, 6.45) is 2.28. The van der Waals surface area contributed by atoms with Crippen molar-refractivity contribution in [2.45, 2.75) is 24.7 Å². The van der Waals surface area contributed by atoms with Crippen LogP contribution in [0, 0.1) is 5.82 Å². The minimum absolute atomic E-state index is 0.0896. The van der Waals surface area contributed by atoms with Crippen LogP contribution in [0.25, 0.3) is 0 Å². The second kappa shape index (κ2) is 4.65. The second-order valence-electron chi connectivity index (χ2n) is 5.68. The van der Waals surface area contributed by atoms with Gasteiger partial charge in [0.1, 0.15) is 5.82 Å². The van der Waals surface area contributed by atoms with Gasteiger partial charge in [0.05, 0.1) is 5.92 Å². The predicted molar refractivity (Wildman–Crippen MR) is 71.3 cm³/mol. The lowest BCUT2D eigenvalue weighted by Crippen LogP contribution is -2.48. The van der Waals surface area contributed by atoms with Gasteiger partial charge in [0.15, 0.2) is 5.82 Å². The first-order valence-electron chi connectivity index (χ1n) is 7.09. The van der Waals surface area contributed by atoms with Gasteiger partial charge in [-0.15, -0.1) is 0 Å². The van der Waals surface area contributed by atoms with Crippen LogP contribution >= 0.6 is 0 Å². The molecule has 5 nitrogen and oxygen atoms in total. The van der Waals surface area contributed by atoms with Gasteiger partial charge >= 0.3 is 0 Å². The second-order valence-corrected chi connectivity index (χ2v) is 5.68. The van der Waals surface area contributed by atoms with Gasteiger partial charge < -0.3 is 9.42 Å². The Kier molecular flexibility index (Phi) is 2.77. The molecule has 4 rings (SSSR count). The third-order valence-corrected chi connectivity index (χ3v) is 4.01. The van der Waals surface area contributed by atoms with Gasteiger partial charge in [0.25, 0.3) is 5.91 Å². The van der Waals surface area contributed by atoms with E-state index in [1.165, 1.54) is 24.3 Å². The smallest absolute Gasteiger partial charge is 0.253 e. The van der Waals surface area contributed by atoms with Gasteiger partial charge in [0.2, 0.25) is 5.89 Å². The lowest BCUT2D eigenvalue weighted by molar-refractivity contribution is 0.0569. The topological polar surface area (TPSA) is 59.2 Å². The van der Waals surface area contributed by atoms with Gasteiger partial charge in [-0.1, -0.05) is 5.16 Å². The number of aromatic nitrogens is 2. The molecule has 108 valence electrons. The number of rotatable bonds is 3. The van der Waals surface area contributed by atoms with Crippen LogP contribution in [0.3, 0.4) is 0 Å². The molecule has 0 bridgehead atoms. The molecular formula is C15H14FN3O2. The monoisotopic (exact) mass is 287 g/mol. The van der Waals surface area contributed by atoms with Crippen LogP contribution in [0.1, 0.15) is 46.8 Å². The Morgan fingerprint density at radius 1 is 1.19 bits per heavy atom. The Morgan fingerprint density at radius 2 is 1.90 bits per heavy atom. The third-order valence-electron chi connectivity index (χ3n) is 4.01. The van der Waals surface area contributed by atoms with Gasteiger partial charge in [-0.2, -0.15) is 4.98 Å². The lowest BCUT2D eigenvalue weighted by Gasteiger charge is -2.37. The van der Waals surface area contributed by atoms with Crippen molar-refractivity contribution in [3.05, 3.63) is 47.4 Å². The van der Waals surface area contributed by atoms with Crippen molar-refractivity contribution in [2.24, 2.45) is 0 Å². The van der Waals surface area contributed by atoms with Crippen molar-refractivity contribution in [3.63, 3.8) is 0 Å². The fourth-order valence-corrected chi connectivity index (χ4v) is 2.50. The number of hydrogen-bond donors (Lipinski definition) is 0. The van der Waals surface area contributed by atoms with E-state index < -0.39 is 0 Å². The summed E-state index contributed by atoms with van der Waals surface area (Å²) in [5.41, 5.74) is 0.499. The Balaban J connectivity index is 1.39. The molecule has 1 saturated heterocycles. The molecule has 1 aliphatic heterocycles. The van der Waals surface area contributed by atoms with E-state index in [1.807, 2.05) is 0 Å². The maximum Gasteiger partial charge on any atom is 0.253 e. The van der Waals surface area contributed by atoms with Crippen LogP contribution in [0.2, 0.25) is 0 Å². The average Bonchev–Trinajstić information content (AvgIpc) is 3.18. The van der Waals surface area contributed by atoms with Gasteiger partial charge in [-0.05, 0) is 37.1 Å². The quantitative estimate of drug-likeness (QED) is 0.869. The van der Waals surface area contributed by atoms with Crippen molar-refractivity contribution < 1.29 is 13.7 Å². The molecule has 0 N–H and O–H groups in total. The van der Waals surface area contributed by atoms with Crippen molar-refractivity contribution in [3.8, 4) is 0 Å². The number of nitrogens with zero attached hydrogens (tertiary/aromatic N) is 3. The van der Waals surface area contributed by atoms with Crippen LogP contribution in [-0.4, -0.2) is 34.0 Å². The maximum atomic E-state index is 12.9. The normalized spacial score (nSPS) is 18.6. The number of amides is 1. The zero-order valence-corrected chi connectivity index (χ0v) is 11.3. The van der Waals surface area contributed by atoms with E-state index in [9.17, 15) is 9.18 Å². The Hall–Kier alpha value is -2.24. The first-order valence-corrected chi connectivity index (χ1v) is 7.09. The minimum Gasteiger partial charge on any atom is -0.339 e. The highest BCUT2D eigenvalue weighted by atomic mass is 19.1. The summed E-state index contributed by atoms with van der Waals surface area (Å²) in [5.74, 6) is 1.59. The molecule has 0 spiro atoms. The zero-order valence-electron chi connectivity index (χ0n) is 11.3. The molecule has 0 radical (unpaired) electrons. The van der Waals surface area contributed by atoms with Gasteiger partial charge in [0, 0.05) is 24.6 Å². The minimum atomic E-state index is -0.341. The standard InChI is InChI=1S/C15H14FN3O2/c16-12-5-3-10(4-6-12)15(20)19-7-11(8-19)14-17-13(18-21-14)9-1-2-9/h3-6,9,11H,1-2,7-8H2. The van der Waals surface area contributed by atoms with E-state index >= 15 is 0 Å². The van der Waals surface area contributed by atoms with E-state index in [0.29, 0.717) is 30.5 Å². The molecule has 2 fully saturated rings. The first kappa shape index (κ1) is 12.5. The summed E-state index contributed by atoms with van der Waals surface area (Å²) in [6, 6.07) is 5.60. The highest BCUT2D eigenvalue weighted by Crippen LogP contribution is 2.39. The summed E-state index contributed by atoms with van der Waals surface area (Å²) in [5, 5.41) is 3.99. The molecule has 2 heterocycles. The largest absolute Gasteiger partial charge is 0.339 e. The number of halogens is 1. The molecular weight excluding hydrogens is 273 g/mol. The molecule has 2 aliphatic rings. The van der Waals surface area contributed by atoms with Crippen LogP contribution < -0.4 is 0 Å². The molecule has 21 heavy (non-hydrogen) atoms. The molecule has 1 aromatic carbocycles. The third kappa shape index (κ3) is 2.30. The van der Waals surface area contributed by atoms with E-state index in [-0.39, 0.29) is 17.6 Å². The predicted octanol–water partition coefficient (Wildman–Crippen LogP) is 2.33. The van der Waals surface area contributed by atoms with Crippen LogP contribution in [-0.2, 0) is 0 Å². The highest BCUT2D eigenvalue weighted by molar-refractivity contribution is 5.94. The van der Waals surface area contributed by atoms with Gasteiger partial charge in [-0.3, -0.25) is 4.79 Å². The van der Waals surface area contributed by atoms with Crippen molar-refractivity contribution >= 4 is 5.91 Å². The maximum absolute atomic E-state index is 12.9. The van der Waals surface area contributed by atoms with Crippen LogP contribution in [0.4, 0.5) is 4.39 Å². The molecule has 0 unspecified atom stereocenters. The molecule has 1 amide bonds. The van der Waals surface area contributed by atoms with E-state index in [2.05, 4.69) is 10.1 Å². The number of carbonyl (C=O) groups is 1. The molecule has 1 aromatic heterocycles. The fraction of sp³-hybridized carbons (Fsp3) is 0.400. The Bertz CT molecular complexity index is 672. The molecule has 0 atom stereocenters. The SMILES string of the molecule is O=C(c1ccc(F)cc1)N1CC(c2nc(C3CC3)no2)C1. The molecule has 2 aromatic rings. The summed E-state index contributed by atoms with van der Waals surface area (Å²) >= 11 is 0. The first-order chi connectivity index (χ1) is 10.2. The van der Waals surface area contributed by atoms with E-state index in [0.717, 1.165) is 18.7 Å². The Labute approximate surface area is 120 Å². The van der Waals surface area contributed by atoms with Crippen molar-refractivity contribution in [1.29, 1.82) is 0 Å². The van der Waals surface area contributed by atoms with Crippen molar-refractivity contribution in [1.82, 2.24) is 15.0 Å². The summed E-state index contributed by atoms with van der Waals surface area (Å²) in [4.78, 5) is 18.3. The van der Waals surface area contributed by atoms with E-state index in [1.54, 1.807) is 4.90 Å². The summed E-state index contributed by atoms with van der Waals surface area (Å²) in [6.45, 7) is 1.14. The lowest BCUT2D eigenvalue weighted by atomic mass is 9.99. The Morgan fingerprint density at radius 3 is 2.57 bits per heavy atom. The van der Waals surface area contributed by atoms with Crippen LogP contribution in [0.15, 0.2) is 28.8 Å². The number of carbonyl (C=O) groups excluding carboxylic acids is 1. The summed E-state index contributed by atoms with van der Waals surface area (Å²) < 4.78 is 18.1. The molecule has 1 aliphatic carbocycles. The molecule has 6 heteroatoms. The average molecular weight is 287 g/mol.